The van der Waals surface area contributed by atoms with Crippen LogP contribution in [0.1, 0.15) is 12.8 Å². The maximum absolute atomic E-state index is 11.3. The lowest BCUT2D eigenvalue weighted by Crippen LogP contribution is -2.29. The number of carbonyl (C=O) groups excluding carboxylic acids is 1. The van der Waals surface area contributed by atoms with Gasteiger partial charge in [0.25, 0.3) is 0 Å². The number of benzene rings is 1. The van der Waals surface area contributed by atoms with Crippen molar-refractivity contribution in [3.05, 3.63) is 24.3 Å². The Morgan fingerprint density at radius 2 is 2.19 bits per heavy atom. The minimum Gasteiger partial charge on any atom is -0.490 e. The summed E-state index contributed by atoms with van der Waals surface area (Å²) in [5.74, 6) is 0.916. The molecule has 1 aromatic carbocycles. The monoisotopic (exact) mass is 220 g/mol. The van der Waals surface area contributed by atoms with Gasteiger partial charge in [0.2, 0.25) is 5.91 Å². The fourth-order valence-electron chi connectivity index (χ4n) is 1.82. The second-order valence-electron chi connectivity index (χ2n) is 3.87. The van der Waals surface area contributed by atoms with Crippen LogP contribution in [0.25, 0.3) is 0 Å². The molecule has 4 heteroatoms. The molecule has 16 heavy (non-hydrogen) atoms. The van der Waals surface area contributed by atoms with Crippen molar-refractivity contribution >= 4 is 11.6 Å². The Balaban J connectivity index is 1.80. The average molecular weight is 220 g/mol. The van der Waals surface area contributed by atoms with Gasteiger partial charge in [0.05, 0.1) is 12.2 Å². The normalized spacial score (nSPS) is 15.5. The van der Waals surface area contributed by atoms with E-state index in [0.29, 0.717) is 31.0 Å². The van der Waals surface area contributed by atoms with Crippen molar-refractivity contribution in [3.8, 4) is 5.75 Å². The summed E-state index contributed by atoms with van der Waals surface area (Å²) in [6.45, 7) is 2.00. The van der Waals surface area contributed by atoms with E-state index in [1.54, 1.807) is 6.07 Å². The molecule has 1 amide bonds. The number of para-hydroxylation sites is 2. The fraction of sp³-hybridized carbons (Fsp3) is 0.417. The zero-order valence-electron chi connectivity index (χ0n) is 9.19. The summed E-state index contributed by atoms with van der Waals surface area (Å²) in [5.41, 5.74) is 6.37. The van der Waals surface area contributed by atoms with Crippen LogP contribution >= 0.6 is 0 Å². The van der Waals surface area contributed by atoms with Crippen LogP contribution in [0.15, 0.2) is 24.3 Å². The van der Waals surface area contributed by atoms with Crippen molar-refractivity contribution in [1.82, 2.24) is 4.90 Å². The predicted octanol–water partition coefficient (Wildman–Crippen LogP) is 1.27. The standard InChI is InChI=1S/C12H16N2O2/c13-10-4-1-2-5-11(10)16-9-8-14-7-3-6-12(14)15/h1-2,4-5H,3,6-9,13H2. The first kappa shape index (κ1) is 10.8. The molecule has 1 saturated heterocycles. The molecular weight excluding hydrogens is 204 g/mol. The molecule has 0 spiro atoms. The molecule has 1 aromatic rings. The van der Waals surface area contributed by atoms with Gasteiger partial charge in [-0.2, -0.15) is 0 Å². The number of nitrogens with zero attached hydrogens (tertiary/aromatic N) is 1. The third-order valence-corrected chi connectivity index (χ3v) is 2.71. The van der Waals surface area contributed by atoms with Crippen LogP contribution in [0.2, 0.25) is 0 Å². The topological polar surface area (TPSA) is 55.6 Å². The predicted molar refractivity (Wildman–Crippen MR) is 62.2 cm³/mol. The number of hydrogen-bond donors (Lipinski definition) is 1. The molecule has 1 aliphatic heterocycles. The summed E-state index contributed by atoms with van der Waals surface area (Å²) in [4.78, 5) is 13.2. The van der Waals surface area contributed by atoms with Crippen LogP contribution in [0, 0.1) is 0 Å². The fourth-order valence-corrected chi connectivity index (χ4v) is 1.82. The van der Waals surface area contributed by atoms with Crippen LogP contribution < -0.4 is 10.5 Å². The molecule has 2 N–H and O–H groups in total. The van der Waals surface area contributed by atoms with Crippen LogP contribution in [0.4, 0.5) is 5.69 Å². The Kier molecular flexibility index (Phi) is 3.29. The number of ether oxygens (including phenoxy) is 1. The maximum Gasteiger partial charge on any atom is 0.222 e. The first-order chi connectivity index (χ1) is 7.77. The summed E-state index contributed by atoms with van der Waals surface area (Å²) in [7, 11) is 0. The third-order valence-electron chi connectivity index (χ3n) is 2.71. The molecule has 4 nitrogen and oxygen atoms in total. The van der Waals surface area contributed by atoms with E-state index in [1.807, 2.05) is 23.1 Å². The lowest BCUT2D eigenvalue weighted by Gasteiger charge is -2.16. The largest absolute Gasteiger partial charge is 0.490 e. The number of hydrogen-bond acceptors (Lipinski definition) is 3. The molecule has 1 heterocycles. The van der Waals surface area contributed by atoms with Crippen molar-refractivity contribution in [2.45, 2.75) is 12.8 Å². The number of amides is 1. The molecule has 0 bridgehead atoms. The van der Waals surface area contributed by atoms with Crippen molar-refractivity contribution in [2.24, 2.45) is 0 Å². The molecular formula is C12H16N2O2. The van der Waals surface area contributed by atoms with E-state index in [-0.39, 0.29) is 5.91 Å². The Labute approximate surface area is 95.0 Å². The van der Waals surface area contributed by atoms with Gasteiger partial charge in [0.1, 0.15) is 12.4 Å². The smallest absolute Gasteiger partial charge is 0.222 e. The highest BCUT2D eigenvalue weighted by Gasteiger charge is 2.19. The second kappa shape index (κ2) is 4.88. The summed E-state index contributed by atoms with van der Waals surface area (Å²) in [6.07, 6.45) is 1.64. The minimum atomic E-state index is 0.227. The molecule has 0 aliphatic carbocycles. The minimum absolute atomic E-state index is 0.227. The van der Waals surface area contributed by atoms with Gasteiger partial charge in [-0.25, -0.2) is 0 Å². The van der Waals surface area contributed by atoms with Crippen LogP contribution in [-0.2, 0) is 4.79 Å². The number of nitrogens with two attached hydrogens (primary N) is 1. The van der Waals surface area contributed by atoms with Crippen LogP contribution in [0.3, 0.4) is 0 Å². The average Bonchev–Trinajstić information content (AvgIpc) is 2.67. The summed E-state index contributed by atoms with van der Waals surface area (Å²) < 4.78 is 5.53. The van der Waals surface area contributed by atoms with Crippen molar-refractivity contribution < 1.29 is 9.53 Å². The molecule has 2 rings (SSSR count). The highest BCUT2D eigenvalue weighted by molar-refractivity contribution is 5.78. The zero-order valence-corrected chi connectivity index (χ0v) is 9.19. The highest BCUT2D eigenvalue weighted by Crippen LogP contribution is 2.19. The van der Waals surface area contributed by atoms with E-state index in [4.69, 9.17) is 10.5 Å². The lowest BCUT2D eigenvalue weighted by molar-refractivity contribution is -0.128. The number of likely N-dealkylation sites (tertiary alicyclic amines) is 1. The Bertz CT molecular complexity index is 379. The molecule has 0 aromatic heterocycles. The number of carbonyl (C=O) groups is 1. The molecule has 0 atom stereocenters. The van der Waals surface area contributed by atoms with Gasteiger partial charge in [-0.1, -0.05) is 12.1 Å². The molecule has 0 radical (unpaired) electrons. The van der Waals surface area contributed by atoms with Crippen molar-refractivity contribution in [1.29, 1.82) is 0 Å². The SMILES string of the molecule is Nc1ccccc1OCCN1CCCC1=O. The number of nitrogen functional groups attached to an aromatic ring is 1. The van der Waals surface area contributed by atoms with E-state index in [2.05, 4.69) is 0 Å². The maximum atomic E-state index is 11.3. The van der Waals surface area contributed by atoms with E-state index in [0.717, 1.165) is 13.0 Å². The van der Waals surface area contributed by atoms with Crippen molar-refractivity contribution in [2.75, 3.05) is 25.4 Å². The molecule has 1 fully saturated rings. The van der Waals surface area contributed by atoms with Gasteiger partial charge >= 0.3 is 0 Å². The molecule has 86 valence electrons. The van der Waals surface area contributed by atoms with Gasteiger partial charge in [-0.3, -0.25) is 4.79 Å². The molecule has 0 saturated carbocycles. The highest BCUT2D eigenvalue weighted by atomic mass is 16.5. The summed E-state index contributed by atoms with van der Waals surface area (Å²) in [5, 5.41) is 0. The first-order valence-electron chi connectivity index (χ1n) is 5.52. The van der Waals surface area contributed by atoms with E-state index >= 15 is 0 Å². The van der Waals surface area contributed by atoms with Gasteiger partial charge in [-0.15, -0.1) is 0 Å². The van der Waals surface area contributed by atoms with Gasteiger partial charge < -0.3 is 15.4 Å². The Morgan fingerprint density at radius 3 is 2.88 bits per heavy atom. The molecule has 1 aliphatic rings. The van der Waals surface area contributed by atoms with Crippen molar-refractivity contribution in [3.63, 3.8) is 0 Å². The number of rotatable bonds is 4. The van der Waals surface area contributed by atoms with E-state index in [1.165, 1.54) is 0 Å². The van der Waals surface area contributed by atoms with Crippen LogP contribution in [-0.4, -0.2) is 30.5 Å². The Morgan fingerprint density at radius 1 is 1.38 bits per heavy atom. The number of anilines is 1. The van der Waals surface area contributed by atoms with E-state index in [9.17, 15) is 4.79 Å². The van der Waals surface area contributed by atoms with Crippen LogP contribution in [0.5, 0.6) is 5.75 Å². The molecule has 0 unspecified atom stereocenters. The summed E-state index contributed by atoms with van der Waals surface area (Å²) >= 11 is 0. The quantitative estimate of drug-likeness (QED) is 0.777. The lowest BCUT2D eigenvalue weighted by atomic mass is 10.3. The zero-order chi connectivity index (χ0) is 11.4. The first-order valence-corrected chi connectivity index (χ1v) is 5.52. The van der Waals surface area contributed by atoms with Gasteiger partial charge in [-0.05, 0) is 18.6 Å². The summed E-state index contributed by atoms with van der Waals surface area (Å²) in [6, 6.07) is 7.39. The Hall–Kier alpha value is -1.71. The van der Waals surface area contributed by atoms with E-state index < -0.39 is 0 Å². The second-order valence-corrected chi connectivity index (χ2v) is 3.87. The third kappa shape index (κ3) is 2.45. The van der Waals surface area contributed by atoms with Gasteiger partial charge in [0, 0.05) is 13.0 Å². The van der Waals surface area contributed by atoms with Gasteiger partial charge in [0.15, 0.2) is 0 Å².